The van der Waals surface area contributed by atoms with Crippen molar-refractivity contribution in [2.45, 2.75) is 37.1 Å². The summed E-state index contributed by atoms with van der Waals surface area (Å²) in [4.78, 5) is 25.0. The van der Waals surface area contributed by atoms with E-state index in [4.69, 9.17) is 9.47 Å². The molecule has 1 aliphatic rings. The SMILES string of the molecule is COc1ccc(CNC(=O)CNC(=O)c2cc(S(=O)(=O)N3CCCCCC3)ccc2OC)cc1. The maximum absolute atomic E-state index is 13.1. The first-order chi connectivity index (χ1) is 16.3. The molecule has 184 valence electrons. The number of nitrogens with zero attached hydrogens (tertiary/aromatic N) is 1. The summed E-state index contributed by atoms with van der Waals surface area (Å²) in [6, 6.07) is 11.5. The molecule has 1 heterocycles. The molecule has 2 aromatic carbocycles. The van der Waals surface area contributed by atoms with Crippen molar-refractivity contribution in [1.82, 2.24) is 14.9 Å². The van der Waals surface area contributed by atoms with Gasteiger partial charge in [-0.05, 0) is 48.7 Å². The van der Waals surface area contributed by atoms with Crippen LogP contribution in [0.5, 0.6) is 11.5 Å². The fourth-order valence-corrected chi connectivity index (χ4v) is 5.26. The van der Waals surface area contributed by atoms with E-state index in [1.807, 2.05) is 12.1 Å². The Morgan fingerprint density at radius 3 is 2.21 bits per heavy atom. The Balaban J connectivity index is 1.64. The van der Waals surface area contributed by atoms with Gasteiger partial charge in [0.25, 0.3) is 5.91 Å². The third kappa shape index (κ3) is 6.48. The van der Waals surface area contributed by atoms with Crippen molar-refractivity contribution in [3.05, 3.63) is 53.6 Å². The topological polar surface area (TPSA) is 114 Å². The minimum Gasteiger partial charge on any atom is -0.497 e. The van der Waals surface area contributed by atoms with E-state index in [1.54, 1.807) is 19.2 Å². The third-order valence-electron chi connectivity index (χ3n) is 5.68. The van der Waals surface area contributed by atoms with Crippen LogP contribution in [-0.2, 0) is 21.4 Å². The number of hydrogen-bond acceptors (Lipinski definition) is 6. The summed E-state index contributed by atoms with van der Waals surface area (Å²) in [7, 11) is -0.755. The fraction of sp³-hybridized carbons (Fsp3) is 0.417. The van der Waals surface area contributed by atoms with Crippen molar-refractivity contribution < 1.29 is 27.5 Å². The Hall–Kier alpha value is -3.11. The van der Waals surface area contributed by atoms with E-state index in [-0.39, 0.29) is 28.7 Å². The molecule has 1 saturated heterocycles. The predicted octanol–water partition coefficient (Wildman–Crippen LogP) is 2.31. The molecule has 2 N–H and O–H groups in total. The quantitative estimate of drug-likeness (QED) is 0.559. The Morgan fingerprint density at radius 1 is 0.912 bits per heavy atom. The molecular formula is C24H31N3O6S. The lowest BCUT2D eigenvalue weighted by Crippen LogP contribution is -2.37. The average Bonchev–Trinajstić information content (AvgIpc) is 3.16. The number of hydrogen-bond donors (Lipinski definition) is 2. The highest BCUT2D eigenvalue weighted by Gasteiger charge is 2.27. The number of methoxy groups -OCH3 is 2. The summed E-state index contributed by atoms with van der Waals surface area (Å²) in [5.74, 6) is -0.0248. The summed E-state index contributed by atoms with van der Waals surface area (Å²) in [6.45, 7) is 0.960. The summed E-state index contributed by atoms with van der Waals surface area (Å²) >= 11 is 0. The number of nitrogens with one attached hydrogen (secondary N) is 2. The molecule has 1 fully saturated rings. The highest BCUT2D eigenvalue weighted by Crippen LogP contribution is 2.26. The smallest absolute Gasteiger partial charge is 0.255 e. The predicted molar refractivity (Wildman–Crippen MR) is 127 cm³/mol. The van der Waals surface area contributed by atoms with Gasteiger partial charge in [-0.15, -0.1) is 0 Å². The van der Waals surface area contributed by atoms with Gasteiger partial charge < -0.3 is 20.1 Å². The van der Waals surface area contributed by atoms with Gasteiger partial charge >= 0.3 is 0 Å². The Morgan fingerprint density at radius 2 is 1.59 bits per heavy atom. The molecule has 0 bridgehead atoms. The van der Waals surface area contributed by atoms with Gasteiger partial charge in [0, 0.05) is 19.6 Å². The van der Waals surface area contributed by atoms with Crippen LogP contribution in [-0.4, -0.2) is 58.4 Å². The molecule has 0 aliphatic carbocycles. The van der Waals surface area contributed by atoms with Gasteiger partial charge in [-0.2, -0.15) is 4.31 Å². The normalized spacial score (nSPS) is 14.6. The van der Waals surface area contributed by atoms with Crippen molar-refractivity contribution in [2.75, 3.05) is 33.9 Å². The maximum atomic E-state index is 13.1. The zero-order chi connectivity index (χ0) is 24.6. The number of carbonyl (C=O) groups is 2. The summed E-state index contributed by atoms with van der Waals surface area (Å²) < 4.78 is 38.1. The summed E-state index contributed by atoms with van der Waals surface area (Å²) in [5, 5.41) is 5.26. The molecule has 0 atom stereocenters. The number of rotatable bonds is 9. The van der Waals surface area contributed by atoms with Crippen molar-refractivity contribution in [3.63, 3.8) is 0 Å². The van der Waals surface area contributed by atoms with Crippen LogP contribution < -0.4 is 20.1 Å². The zero-order valence-corrected chi connectivity index (χ0v) is 20.3. The highest BCUT2D eigenvalue weighted by molar-refractivity contribution is 7.89. The van der Waals surface area contributed by atoms with Gasteiger partial charge in [0.05, 0.1) is 31.2 Å². The van der Waals surface area contributed by atoms with Crippen molar-refractivity contribution in [3.8, 4) is 11.5 Å². The van der Waals surface area contributed by atoms with Crippen molar-refractivity contribution >= 4 is 21.8 Å². The molecule has 0 radical (unpaired) electrons. The van der Waals surface area contributed by atoms with Gasteiger partial charge in [0.15, 0.2) is 0 Å². The van der Waals surface area contributed by atoms with E-state index in [9.17, 15) is 18.0 Å². The second-order valence-corrected chi connectivity index (χ2v) is 9.93. The molecule has 0 unspecified atom stereocenters. The van der Waals surface area contributed by atoms with E-state index in [2.05, 4.69) is 10.6 Å². The van der Waals surface area contributed by atoms with Crippen LogP contribution in [0.2, 0.25) is 0 Å². The van der Waals surface area contributed by atoms with Crippen LogP contribution >= 0.6 is 0 Å². The van der Waals surface area contributed by atoms with Crippen LogP contribution in [0.4, 0.5) is 0 Å². The van der Waals surface area contributed by atoms with Crippen molar-refractivity contribution in [1.29, 1.82) is 0 Å². The third-order valence-corrected chi connectivity index (χ3v) is 7.57. The molecule has 34 heavy (non-hydrogen) atoms. The monoisotopic (exact) mass is 489 g/mol. The summed E-state index contributed by atoms with van der Waals surface area (Å²) in [6.07, 6.45) is 3.63. The Kier molecular flexibility index (Phi) is 8.89. The van der Waals surface area contributed by atoms with Gasteiger partial charge in [-0.3, -0.25) is 9.59 Å². The maximum Gasteiger partial charge on any atom is 0.255 e. The lowest BCUT2D eigenvalue weighted by atomic mass is 10.2. The van der Waals surface area contributed by atoms with Gasteiger partial charge in [0.2, 0.25) is 15.9 Å². The van der Waals surface area contributed by atoms with Gasteiger partial charge in [-0.25, -0.2) is 8.42 Å². The first kappa shape index (κ1) is 25.5. The van der Waals surface area contributed by atoms with Crippen LogP contribution in [0.25, 0.3) is 0 Å². The molecule has 1 aliphatic heterocycles. The minimum absolute atomic E-state index is 0.0318. The second kappa shape index (κ2) is 11.8. The van der Waals surface area contributed by atoms with Gasteiger partial charge in [0.1, 0.15) is 11.5 Å². The molecule has 0 spiro atoms. The van der Waals surface area contributed by atoms with Crippen LogP contribution in [0.3, 0.4) is 0 Å². The molecule has 2 aromatic rings. The molecule has 0 saturated carbocycles. The molecular weight excluding hydrogens is 458 g/mol. The van der Waals surface area contributed by atoms with Crippen LogP contribution in [0.15, 0.2) is 47.4 Å². The number of benzene rings is 2. The molecule has 9 nitrogen and oxygen atoms in total. The number of sulfonamides is 1. The molecule has 10 heteroatoms. The highest BCUT2D eigenvalue weighted by atomic mass is 32.2. The van der Waals surface area contributed by atoms with E-state index in [1.165, 1.54) is 29.6 Å². The van der Waals surface area contributed by atoms with Crippen molar-refractivity contribution in [2.24, 2.45) is 0 Å². The standard InChI is InChI=1S/C24H31N3O6S/c1-32-19-9-7-18(8-10-19)16-25-23(28)17-26-24(29)21-15-20(11-12-22(21)33-2)34(30,31)27-13-5-3-4-6-14-27/h7-12,15H,3-6,13-14,16-17H2,1-2H3,(H,25,28)(H,26,29). The van der Waals surface area contributed by atoms with Crippen LogP contribution in [0, 0.1) is 0 Å². The largest absolute Gasteiger partial charge is 0.497 e. The Labute approximate surface area is 200 Å². The summed E-state index contributed by atoms with van der Waals surface area (Å²) in [5.41, 5.74) is 0.940. The van der Waals surface area contributed by atoms with E-state index in [0.717, 1.165) is 37.0 Å². The van der Waals surface area contributed by atoms with E-state index < -0.39 is 15.9 Å². The van der Waals surface area contributed by atoms with Gasteiger partial charge in [-0.1, -0.05) is 25.0 Å². The fourth-order valence-electron chi connectivity index (χ4n) is 3.72. The lowest BCUT2D eigenvalue weighted by molar-refractivity contribution is -0.120. The number of amides is 2. The first-order valence-corrected chi connectivity index (χ1v) is 12.6. The second-order valence-electron chi connectivity index (χ2n) is 7.99. The first-order valence-electron chi connectivity index (χ1n) is 11.2. The Bertz CT molecular complexity index is 1090. The molecule has 3 rings (SSSR count). The number of ether oxygens (including phenoxy) is 2. The molecule has 0 aromatic heterocycles. The van der Waals surface area contributed by atoms with E-state index in [0.29, 0.717) is 19.6 Å². The zero-order valence-electron chi connectivity index (χ0n) is 19.5. The average molecular weight is 490 g/mol. The minimum atomic E-state index is -3.73. The van der Waals surface area contributed by atoms with E-state index >= 15 is 0 Å². The molecule has 2 amide bonds. The lowest BCUT2D eigenvalue weighted by Gasteiger charge is -2.20. The van der Waals surface area contributed by atoms with Crippen LogP contribution in [0.1, 0.15) is 41.6 Å². The number of carbonyl (C=O) groups excluding carboxylic acids is 2.